The molecule has 0 radical (unpaired) electrons. The van der Waals surface area contributed by atoms with Gasteiger partial charge in [0.2, 0.25) is 0 Å². The molecule has 0 atom stereocenters. The van der Waals surface area contributed by atoms with Gasteiger partial charge in [0.1, 0.15) is 29.0 Å². The molecule has 6 heterocycles. The van der Waals surface area contributed by atoms with E-state index >= 15 is 0 Å². The van der Waals surface area contributed by atoms with Gasteiger partial charge in [0.25, 0.3) is 16.7 Å². The maximum absolute atomic E-state index is 13.0. The van der Waals surface area contributed by atoms with Crippen molar-refractivity contribution in [3.8, 4) is 11.1 Å². The van der Waals surface area contributed by atoms with Crippen LogP contribution in [0.2, 0.25) is 0 Å². The maximum atomic E-state index is 13.0. The van der Waals surface area contributed by atoms with Crippen LogP contribution in [0.5, 0.6) is 0 Å². The van der Waals surface area contributed by atoms with Crippen molar-refractivity contribution in [3.63, 3.8) is 0 Å². The Labute approximate surface area is 450 Å². The van der Waals surface area contributed by atoms with E-state index in [0.717, 1.165) is 64.7 Å². The molecule has 0 amide bonds. The molecule has 1 saturated heterocycles. The average Bonchev–Trinajstić information content (AvgIpc) is 3.94. The van der Waals surface area contributed by atoms with E-state index in [4.69, 9.17) is 35.6 Å². The summed E-state index contributed by atoms with van der Waals surface area (Å²) in [5, 5.41) is 8.63. The summed E-state index contributed by atoms with van der Waals surface area (Å²) in [5.41, 5.74) is 22.6. The minimum Gasteiger partial charge on any atom is -0.399 e. The molecule has 74 heavy (non-hydrogen) atoms. The number of H-pyrrole nitrogens is 1. The topological polar surface area (TPSA) is 225 Å². The van der Waals surface area contributed by atoms with Crippen LogP contribution in [0.15, 0.2) is 142 Å². The molecule has 15 nitrogen and oxygen atoms in total. The van der Waals surface area contributed by atoms with E-state index in [2.05, 4.69) is 63.1 Å². The predicted molar refractivity (Wildman–Crippen MR) is 294 cm³/mol. The summed E-state index contributed by atoms with van der Waals surface area (Å²) >= 11 is 9.68. The molecule has 9 rings (SSSR count). The molecule has 1 fully saturated rings. The number of aryl methyl sites for hydroxylation is 4. The molecule has 5 aromatic heterocycles. The van der Waals surface area contributed by atoms with Crippen LogP contribution in [0.3, 0.4) is 0 Å². The Balaban J connectivity index is 0.000000179. The fraction of sp³-hybridized carbons (Fsp3) is 0.250. The van der Waals surface area contributed by atoms with E-state index in [9.17, 15) is 27.6 Å². The Bertz CT molecular complexity index is 3290. The summed E-state index contributed by atoms with van der Waals surface area (Å²) in [5.74, 6) is 0.629. The van der Waals surface area contributed by atoms with E-state index < -0.39 is 0 Å². The largest absolute Gasteiger partial charge is 0.500 e. The van der Waals surface area contributed by atoms with Crippen molar-refractivity contribution in [1.29, 1.82) is 0 Å². The van der Waals surface area contributed by atoms with Gasteiger partial charge in [-0.2, -0.15) is 0 Å². The van der Waals surface area contributed by atoms with Crippen molar-refractivity contribution < 1.29 is 31.5 Å². The lowest BCUT2D eigenvalue weighted by Crippen LogP contribution is -2.41. The first-order chi connectivity index (χ1) is 34.8. The molecular weight excluding hydrogens is 1160 g/mol. The lowest BCUT2D eigenvalue weighted by Gasteiger charge is -2.32. The monoisotopic (exact) mass is 1210 g/mol. The summed E-state index contributed by atoms with van der Waals surface area (Å²) < 4.78 is 64.6. The van der Waals surface area contributed by atoms with E-state index in [-0.39, 0.29) is 69.5 Å². The van der Waals surface area contributed by atoms with Gasteiger partial charge >= 0.3 is 7.12 Å². The van der Waals surface area contributed by atoms with Gasteiger partial charge in [-0.25, -0.2) is 13.2 Å². The minimum atomic E-state index is -0.378. The van der Waals surface area contributed by atoms with Gasteiger partial charge in [0.15, 0.2) is 0 Å². The van der Waals surface area contributed by atoms with Gasteiger partial charge in [-0.05, 0) is 159 Å². The Morgan fingerprint density at radius 2 is 1.04 bits per heavy atom. The molecule has 0 bridgehead atoms. The van der Waals surface area contributed by atoms with Crippen molar-refractivity contribution in [2.45, 2.75) is 85.0 Å². The van der Waals surface area contributed by atoms with Crippen molar-refractivity contribution in [1.82, 2.24) is 24.4 Å². The Kier molecular flexibility index (Phi) is 20.3. The fourth-order valence-electron chi connectivity index (χ4n) is 6.95. The Morgan fingerprint density at radius 3 is 1.46 bits per heavy atom. The highest BCUT2D eigenvalue weighted by atomic mass is 79.9. The molecule has 7 N–H and O–H groups in total. The van der Waals surface area contributed by atoms with Crippen LogP contribution in [0.25, 0.3) is 11.1 Å². The third-order valence-electron chi connectivity index (χ3n) is 11.6. The first-order valence-electron chi connectivity index (χ1n) is 22.6. The first-order valence-corrected chi connectivity index (χ1v) is 25.3. The molecule has 0 spiro atoms. The number of nitrogens with zero attached hydrogens (tertiary/aromatic N) is 4. The number of anilines is 3. The molecule has 3 aromatic carbocycles. The summed E-state index contributed by atoms with van der Waals surface area (Å²) in [6.07, 6.45) is 4.91. The first kappa shape index (κ1) is 58.4. The molecule has 0 saturated carbocycles. The van der Waals surface area contributed by atoms with Crippen molar-refractivity contribution in [2.24, 2.45) is 0 Å². The second kappa shape index (κ2) is 25.7. The van der Waals surface area contributed by atoms with Crippen LogP contribution >= 0.6 is 47.8 Å². The van der Waals surface area contributed by atoms with E-state index in [1.807, 2.05) is 48.5 Å². The number of alkyl halides is 1. The van der Waals surface area contributed by atoms with Crippen LogP contribution in [0, 0.1) is 45.1 Å². The standard InChI is InChI=1S/C17H16FN3O2.C12H10BrFN2O.C11H18BNO3.C7H6BrF.C5H5BrN2O/c1-10-16(11(2)23-20-10)13-7-15(19)17(22)21(9-13)8-12-3-5-14(18)6-4-12;13-9-5-11(15)12(17)16(7-9)6-8-1-3-10(14)4-2-8;1-7-9(8(2)14-13-7)12-15-10(3,4)11(5,6)16-12;8-5-6-1-3-7(9)4-2-6;6-3-1-4(7)5(9)8-2-3/h3-7,9H,8,19H2,1-2H3;1-5,7H,6,15H2;1-6H3;1-4H,5H2;1-2H,7H2,(H,8,9). The number of aromatic amines is 1. The molecule has 390 valence electrons. The number of nitrogens with one attached hydrogen (secondary N) is 1. The van der Waals surface area contributed by atoms with Gasteiger partial charge < -0.3 is 49.7 Å². The van der Waals surface area contributed by atoms with Crippen LogP contribution in [0.4, 0.5) is 30.2 Å². The highest BCUT2D eigenvalue weighted by Crippen LogP contribution is 2.37. The Hall–Kier alpha value is -6.46. The minimum absolute atomic E-state index is 0.143. The SMILES string of the molecule is Cc1noc(C)c1-c1cc(N)c(=O)n(Cc2ccc(F)cc2)c1.Cc1noc(C)c1B1OC(C)(C)C(C)(C)O1.Fc1ccc(CBr)cc1.Nc1cc(Br)c[nH]c1=O.Nc1cc(Br)cn(Cc2ccc(F)cc2)c1=O. The number of hydrogen-bond acceptors (Lipinski definition) is 12. The van der Waals surface area contributed by atoms with Crippen molar-refractivity contribution in [2.75, 3.05) is 17.2 Å². The van der Waals surface area contributed by atoms with Gasteiger partial charge in [-0.1, -0.05) is 62.6 Å². The zero-order valence-corrected chi connectivity index (χ0v) is 46.5. The number of pyridine rings is 3. The number of aromatic nitrogens is 5. The summed E-state index contributed by atoms with van der Waals surface area (Å²) in [4.78, 5) is 37.0. The van der Waals surface area contributed by atoms with Crippen molar-refractivity contribution >= 4 is 77.4 Å². The number of hydrogen-bond donors (Lipinski definition) is 4. The smallest absolute Gasteiger partial charge is 0.399 e. The number of benzene rings is 3. The highest BCUT2D eigenvalue weighted by Gasteiger charge is 2.53. The lowest BCUT2D eigenvalue weighted by molar-refractivity contribution is 0.00578. The zero-order valence-electron chi connectivity index (χ0n) is 41.7. The molecule has 1 aliphatic rings. The van der Waals surface area contributed by atoms with E-state index in [1.165, 1.54) is 45.5 Å². The third-order valence-corrected chi connectivity index (χ3v) is 13.1. The number of halogens is 6. The molecule has 8 aromatic rings. The Morgan fingerprint density at radius 1 is 0.608 bits per heavy atom. The van der Waals surface area contributed by atoms with Gasteiger partial charge in [-0.3, -0.25) is 14.4 Å². The summed E-state index contributed by atoms with van der Waals surface area (Å²) in [6.45, 7) is 16.2. The van der Waals surface area contributed by atoms with Crippen LogP contribution < -0.4 is 39.3 Å². The van der Waals surface area contributed by atoms with E-state index in [1.54, 1.807) is 80.1 Å². The summed E-state index contributed by atoms with van der Waals surface area (Å²) in [6, 6.07) is 23.2. The average molecular weight is 1210 g/mol. The molecule has 1 aliphatic heterocycles. The van der Waals surface area contributed by atoms with Crippen LogP contribution in [-0.2, 0) is 27.7 Å². The summed E-state index contributed by atoms with van der Waals surface area (Å²) in [7, 11) is -0.378. The molecule has 0 unspecified atom stereocenters. The van der Waals surface area contributed by atoms with Crippen LogP contribution in [-0.4, -0.2) is 42.8 Å². The number of nitrogen functional groups attached to an aromatic ring is 3. The highest BCUT2D eigenvalue weighted by molar-refractivity contribution is 9.10. The van der Waals surface area contributed by atoms with Gasteiger partial charge in [0, 0.05) is 49.5 Å². The lowest BCUT2D eigenvalue weighted by atomic mass is 9.77. The molecular formula is C52H55BBr3F3N8O7. The zero-order chi connectivity index (χ0) is 54.7. The fourth-order valence-corrected chi connectivity index (χ4v) is 8.18. The van der Waals surface area contributed by atoms with Crippen molar-refractivity contribution in [3.05, 3.63) is 207 Å². The predicted octanol–water partition coefficient (Wildman–Crippen LogP) is 10.3. The van der Waals surface area contributed by atoms with Gasteiger partial charge in [0.05, 0.1) is 52.7 Å². The quantitative estimate of drug-likeness (QED) is 0.0864. The number of nitrogens with two attached hydrogens (primary N) is 3. The van der Waals surface area contributed by atoms with E-state index in [0.29, 0.717) is 18.8 Å². The van der Waals surface area contributed by atoms with Crippen LogP contribution in [0.1, 0.15) is 67.3 Å². The third kappa shape index (κ3) is 15.8. The molecule has 0 aliphatic carbocycles. The normalized spacial score (nSPS) is 13.0. The molecule has 22 heteroatoms. The number of rotatable bonds is 7. The maximum Gasteiger partial charge on any atom is 0.500 e. The second-order valence-corrected chi connectivity index (χ2v) is 20.2. The second-order valence-electron chi connectivity index (χ2n) is 17.8. The van der Waals surface area contributed by atoms with Gasteiger partial charge in [-0.15, -0.1) is 0 Å².